The van der Waals surface area contributed by atoms with Crippen LogP contribution in [0.2, 0.25) is 0 Å². The van der Waals surface area contributed by atoms with Crippen molar-refractivity contribution in [1.82, 2.24) is 14.5 Å². The zero-order chi connectivity index (χ0) is 23.2. The van der Waals surface area contributed by atoms with Crippen molar-refractivity contribution >= 4 is 21.8 Å². The second-order valence-corrected chi connectivity index (χ2v) is 10.4. The van der Waals surface area contributed by atoms with Crippen LogP contribution >= 0.6 is 0 Å². The van der Waals surface area contributed by atoms with Crippen molar-refractivity contribution in [2.45, 2.75) is 50.8 Å². The van der Waals surface area contributed by atoms with Crippen LogP contribution in [0.4, 0.5) is 0 Å². The average molecular weight is 454 g/mol. The van der Waals surface area contributed by atoms with Crippen molar-refractivity contribution in [2.24, 2.45) is 5.92 Å². The topological polar surface area (TPSA) is 96.0 Å². The molecule has 8 nitrogen and oxygen atoms in total. The number of methoxy groups -OCH3 is 1. The normalized spacial score (nSPS) is 15.0. The molecule has 9 heteroatoms. The maximum absolute atomic E-state index is 13.0. The van der Waals surface area contributed by atoms with Crippen LogP contribution < -0.4 is 10.1 Å². The summed E-state index contributed by atoms with van der Waals surface area (Å²) in [5.74, 6) is 0.399. The van der Waals surface area contributed by atoms with E-state index in [0.29, 0.717) is 29.3 Å². The minimum atomic E-state index is -3.87. The van der Waals surface area contributed by atoms with E-state index in [1.54, 1.807) is 37.9 Å². The van der Waals surface area contributed by atoms with E-state index in [-0.39, 0.29) is 23.9 Å². The lowest BCUT2D eigenvalue weighted by Gasteiger charge is -2.27. The minimum absolute atomic E-state index is 0.142. The van der Waals surface area contributed by atoms with Crippen molar-refractivity contribution < 1.29 is 22.7 Å². The average Bonchev–Trinajstić information content (AvgIpc) is 2.71. The highest BCUT2D eigenvalue weighted by Crippen LogP contribution is 2.27. The van der Waals surface area contributed by atoms with Gasteiger partial charge in [0.2, 0.25) is 21.8 Å². The third-order valence-corrected chi connectivity index (χ3v) is 7.93. The van der Waals surface area contributed by atoms with Gasteiger partial charge in [-0.15, -0.1) is 0 Å². The number of rotatable bonds is 9. The SMILES string of the molecule is COc1cc(C)c(S(=O)(=O)N(C)CC(=O)NCC(=O)N(C)CC2CCCCC2)c(C)c1. The Labute approximate surface area is 186 Å². The number of likely N-dealkylation sites (N-methyl/N-ethyl adjacent to an activating group) is 2. The van der Waals surface area contributed by atoms with Crippen LogP contribution in [0.3, 0.4) is 0 Å². The Morgan fingerprint density at radius 1 is 1.10 bits per heavy atom. The lowest BCUT2D eigenvalue weighted by atomic mass is 9.89. The van der Waals surface area contributed by atoms with Crippen LogP contribution in [0.1, 0.15) is 43.2 Å². The summed E-state index contributed by atoms with van der Waals surface area (Å²) in [4.78, 5) is 26.5. The van der Waals surface area contributed by atoms with Gasteiger partial charge in [-0.05, 0) is 55.9 Å². The van der Waals surface area contributed by atoms with Gasteiger partial charge < -0.3 is 15.0 Å². The van der Waals surface area contributed by atoms with Gasteiger partial charge in [0.25, 0.3) is 0 Å². The highest BCUT2D eigenvalue weighted by atomic mass is 32.2. The smallest absolute Gasteiger partial charge is 0.243 e. The summed E-state index contributed by atoms with van der Waals surface area (Å²) in [6, 6.07) is 3.29. The van der Waals surface area contributed by atoms with Crippen molar-refractivity contribution in [3.05, 3.63) is 23.3 Å². The van der Waals surface area contributed by atoms with Gasteiger partial charge in [0, 0.05) is 20.6 Å². The first-order valence-electron chi connectivity index (χ1n) is 10.7. The lowest BCUT2D eigenvalue weighted by Crippen LogP contribution is -2.44. The number of carbonyl (C=O) groups is 2. The summed E-state index contributed by atoms with van der Waals surface area (Å²) in [7, 11) is 0.749. The van der Waals surface area contributed by atoms with Gasteiger partial charge in [0.1, 0.15) is 5.75 Å². The standard InChI is InChI=1S/C22H35N3O5S/c1-16-11-19(30-5)12-17(2)22(16)31(28,29)25(4)15-20(26)23-13-21(27)24(3)14-18-9-7-6-8-10-18/h11-12,18H,6-10,13-15H2,1-5H3,(H,23,26). The maximum atomic E-state index is 13.0. The van der Waals surface area contributed by atoms with E-state index >= 15 is 0 Å². The number of hydrogen-bond acceptors (Lipinski definition) is 5. The van der Waals surface area contributed by atoms with Crippen LogP contribution in [0.15, 0.2) is 17.0 Å². The van der Waals surface area contributed by atoms with Crippen molar-refractivity contribution in [1.29, 1.82) is 0 Å². The number of nitrogens with zero attached hydrogens (tertiary/aromatic N) is 2. The maximum Gasteiger partial charge on any atom is 0.243 e. The van der Waals surface area contributed by atoms with Crippen molar-refractivity contribution in [3.63, 3.8) is 0 Å². The molecular formula is C22H35N3O5S. The quantitative estimate of drug-likeness (QED) is 0.618. The van der Waals surface area contributed by atoms with E-state index in [2.05, 4.69) is 5.32 Å². The fourth-order valence-corrected chi connectivity index (χ4v) is 5.63. The number of sulfonamides is 1. The van der Waals surface area contributed by atoms with E-state index in [1.165, 1.54) is 33.4 Å². The molecule has 0 spiro atoms. The molecule has 0 atom stereocenters. The van der Waals surface area contributed by atoms with Gasteiger partial charge in [-0.2, -0.15) is 4.31 Å². The van der Waals surface area contributed by atoms with Gasteiger partial charge in [0.15, 0.2) is 0 Å². The Morgan fingerprint density at radius 2 is 1.68 bits per heavy atom. The number of amides is 2. The van der Waals surface area contributed by atoms with Crippen LogP contribution in [0.5, 0.6) is 5.75 Å². The Hall–Kier alpha value is -2.13. The summed E-state index contributed by atoms with van der Waals surface area (Å²) < 4.78 is 32.2. The predicted octanol–water partition coefficient (Wildman–Crippen LogP) is 2.09. The molecule has 1 aliphatic carbocycles. The number of aryl methyl sites for hydroxylation is 2. The van der Waals surface area contributed by atoms with Gasteiger partial charge in [0.05, 0.1) is 25.1 Å². The molecule has 1 aromatic carbocycles. The minimum Gasteiger partial charge on any atom is -0.497 e. The second-order valence-electron chi connectivity index (χ2n) is 8.41. The summed E-state index contributed by atoms with van der Waals surface area (Å²) in [5, 5.41) is 2.55. The van der Waals surface area contributed by atoms with Crippen LogP contribution in [0, 0.1) is 19.8 Å². The molecule has 0 saturated heterocycles. The fourth-order valence-electron chi connectivity index (χ4n) is 4.10. The molecule has 1 N–H and O–H groups in total. The molecular weight excluding hydrogens is 418 g/mol. The van der Waals surface area contributed by atoms with Gasteiger partial charge in [-0.3, -0.25) is 9.59 Å². The largest absolute Gasteiger partial charge is 0.497 e. The highest BCUT2D eigenvalue weighted by Gasteiger charge is 2.27. The fraction of sp³-hybridized carbons (Fsp3) is 0.636. The van der Waals surface area contributed by atoms with E-state index in [0.717, 1.165) is 17.1 Å². The molecule has 1 aromatic rings. The first-order chi connectivity index (χ1) is 14.6. The molecule has 0 aliphatic heterocycles. The molecule has 1 aliphatic rings. The molecule has 0 aromatic heterocycles. The number of ether oxygens (including phenoxy) is 1. The number of hydrogen-bond donors (Lipinski definition) is 1. The predicted molar refractivity (Wildman–Crippen MR) is 120 cm³/mol. The van der Waals surface area contributed by atoms with Crippen LogP contribution in [-0.2, 0) is 19.6 Å². The summed E-state index contributed by atoms with van der Waals surface area (Å²) in [6.07, 6.45) is 5.94. The summed E-state index contributed by atoms with van der Waals surface area (Å²) in [6.45, 7) is 3.57. The number of benzene rings is 1. The zero-order valence-electron chi connectivity index (χ0n) is 19.2. The van der Waals surface area contributed by atoms with Crippen LogP contribution in [-0.4, -0.2) is 70.3 Å². The van der Waals surface area contributed by atoms with Crippen molar-refractivity contribution in [3.8, 4) is 5.75 Å². The molecule has 1 fully saturated rings. The lowest BCUT2D eigenvalue weighted by molar-refractivity contribution is -0.132. The molecule has 0 unspecified atom stereocenters. The van der Waals surface area contributed by atoms with E-state index in [9.17, 15) is 18.0 Å². The number of nitrogens with one attached hydrogen (secondary N) is 1. The van der Waals surface area contributed by atoms with Crippen molar-refractivity contribution in [2.75, 3.05) is 40.8 Å². The zero-order valence-corrected chi connectivity index (χ0v) is 20.0. The molecule has 0 heterocycles. The first-order valence-corrected chi connectivity index (χ1v) is 12.1. The molecule has 0 bridgehead atoms. The van der Waals surface area contributed by atoms with Crippen LogP contribution in [0.25, 0.3) is 0 Å². The second kappa shape index (κ2) is 10.9. The Bertz CT molecular complexity index is 871. The molecule has 174 valence electrons. The third kappa shape index (κ3) is 6.67. The monoisotopic (exact) mass is 453 g/mol. The highest BCUT2D eigenvalue weighted by molar-refractivity contribution is 7.89. The Kier molecular flexibility index (Phi) is 8.88. The molecule has 0 radical (unpaired) electrons. The van der Waals surface area contributed by atoms with E-state index in [4.69, 9.17) is 4.74 Å². The van der Waals surface area contributed by atoms with E-state index < -0.39 is 15.9 Å². The Morgan fingerprint density at radius 3 is 2.23 bits per heavy atom. The molecule has 1 saturated carbocycles. The molecule has 2 rings (SSSR count). The summed E-state index contributed by atoms with van der Waals surface area (Å²) >= 11 is 0. The Balaban J connectivity index is 1.92. The number of carbonyl (C=O) groups excluding carboxylic acids is 2. The summed E-state index contributed by atoms with van der Waals surface area (Å²) in [5.41, 5.74) is 1.09. The van der Waals surface area contributed by atoms with E-state index in [1.807, 2.05) is 0 Å². The molecule has 31 heavy (non-hydrogen) atoms. The van der Waals surface area contributed by atoms with Gasteiger partial charge in [-0.25, -0.2) is 8.42 Å². The third-order valence-electron chi connectivity index (χ3n) is 5.82. The van der Waals surface area contributed by atoms with Gasteiger partial charge in [-0.1, -0.05) is 19.3 Å². The van der Waals surface area contributed by atoms with Gasteiger partial charge >= 0.3 is 0 Å². The first kappa shape index (κ1) is 25.1. The molecule has 2 amide bonds.